The molecule has 0 unspecified atom stereocenters. The van der Waals surface area contributed by atoms with E-state index in [0.29, 0.717) is 28.2 Å². The van der Waals surface area contributed by atoms with Crippen LogP contribution in [0.4, 0.5) is 0 Å². The molecule has 0 spiro atoms. The number of imidazole rings is 1. The van der Waals surface area contributed by atoms with E-state index in [2.05, 4.69) is 113 Å². The van der Waals surface area contributed by atoms with Crippen molar-refractivity contribution in [1.82, 2.24) is 14.1 Å². The minimum Gasteiger partial charge on any atom is -0.458 e. The van der Waals surface area contributed by atoms with Crippen LogP contribution in [0.1, 0.15) is 66.4 Å². The molecule has 11 aromatic rings. The van der Waals surface area contributed by atoms with Crippen LogP contribution in [0.15, 0.2) is 206 Å². The van der Waals surface area contributed by atoms with Crippen LogP contribution in [0.5, 0.6) is 11.5 Å². The first-order valence-corrected chi connectivity index (χ1v) is 22.3. The predicted molar refractivity (Wildman–Crippen MR) is 276 cm³/mol. The fourth-order valence-corrected chi connectivity index (χ4v) is 9.16. The molecule has 0 radical (unpaired) electrons. The molecular formula is C62H52N4O. The Morgan fingerprint density at radius 1 is 0.552 bits per heavy atom. The van der Waals surface area contributed by atoms with Crippen LogP contribution in [0.3, 0.4) is 0 Å². The van der Waals surface area contributed by atoms with Crippen LogP contribution < -0.4 is 9.30 Å². The Morgan fingerprint density at radius 3 is 1.91 bits per heavy atom. The van der Waals surface area contributed by atoms with Crippen molar-refractivity contribution in [3.8, 4) is 62.1 Å². The van der Waals surface area contributed by atoms with Gasteiger partial charge in [-0.05, 0) is 104 Å². The van der Waals surface area contributed by atoms with Gasteiger partial charge in [-0.3, -0.25) is 13.7 Å². The molecule has 3 heterocycles. The highest BCUT2D eigenvalue weighted by molar-refractivity contribution is 6.16. The van der Waals surface area contributed by atoms with E-state index < -0.39 is 60.4 Å². The zero-order chi connectivity index (χ0) is 54.6. The monoisotopic (exact) mass is 878 g/mol. The minimum absolute atomic E-state index is 0.115. The normalized spacial score (nSPS) is 14.1. The number of aromatic nitrogens is 4. The summed E-state index contributed by atoms with van der Waals surface area (Å²) in [6.45, 7) is 13.3. The maximum absolute atomic E-state index is 9.06. The van der Waals surface area contributed by atoms with Crippen molar-refractivity contribution in [2.75, 3.05) is 0 Å². The van der Waals surface area contributed by atoms with E-state index in [0.717, 1.165) is 44.3 Å². The SMILES string of the molecule is [2H]c1c([2H])c([2H])c(-c2cccc(-c3c([2H])c([2H])c([2H])c([2H])c3[2H])c2-[n+]2[c-]n(-c3cccc(Oc4ccc5c6c(-c7ccccc7C(C)(C)C)cccc6n(-c6cc(C(C)(C)C)ccn6)c5c4)c3)c3ccccc32)c([2H])c1[2H]. The van der Waals surface area contributed by atoms with Gasteiger partial charge in [0, 0.05) is 23.0 Å². The molecule has 0 N–H and O–H groups in total. The van der Waals surface area contributed by atoms with Gasteiger partial charge in [-0.25, -0.2) is 4.98 Å². The summed E-state index contributed by atoms with van der Waals surface area (Å²) >= 11 is 0. The average molecular weight is 879 g/mol. The molecular weight excluding hydrogens is 817 g/mol. The van der Waals surface area contributed by atoms with E-state index in [1.54, 1.807) is 27.3 Å². The third-order valence-corrected chi connectivity index (χ3v) is 12.3. The van der Waals surface area contributed by atoms with Crippen LogP contribution in [-0.4, -0.2) is 14.1 Å². The number of pyridine rings is 1. The zero-order valence-corrected chi connectivity index (χ0v) is 38.1. The summed E-state index contributed by atoms with van der Waals surface area (Å²) in [5.41, 5.74) is 8.41. The summed E-state index contributed by atoms with van der Waals surface area (Å²) < 4.78 is 99.9. The molecule has 0 saturated heterocycles. The number of nitrogens with zero attached hydrogens (tertiary/aromatic N) is 4. The Hall–Kier alpha value is -8.02. The summed E-state index contributed by atoms with van der Waals surface area (Å²) in [6, 6.07) is 39.9. The standard InChI is InChI=1S/C62H52N4O/c1-61(2,3)44-36-37-63-58(38-44)66-56-33-19-29-51(50-26-13-14-30-53(50)62(4,5)6)59(56)52-35-34-47(40-57(52)66)67-46-25-17-24-45(39-46)64-41-65(55-32-16-15-31-54(55)64)60-48(42-20-9-7-10-21-42)27-18-28-49(60)43-22-11-8-12-23-43/h7-40H,1-6H3/i7D,8D,9D,10D,11D,12D,20D,21D,22D,23D. The Bertz CT molecular complexity index is 4100. The molecule has 0 aliphatic heterocycles. The van der Waals surface area contributed by atoms with E-state index in [-0.39, 0.29) is 38.8 Å². The highest BCUT2D eigenvalue weighted by atomic mass is 16.5. The first-order chi connectivity index (χ1) is 36.6. The van der Waals surface area contributed by atoms with Crippen molar-refractivity contribution in [1.29, 1.82) is 0 Å². The van der Waals surface area contributed by atoms with Crippen LogP contribution in [0, 0.1) is 6.33 Å². The van der Waals surface area contributed by atoms with Crippen molar-refractivity contribution in [2.45, 2.75) is 52.4 Å². The van der Waals surface area contributed by atoms with Crippen LogP contribution in [-0.2, 0) is 10.8 Å². The summed E-state index contributed by atoms with van der Waals surface area (Å²) in [5.74, 6) is 1.87. The number of hydrogen-bond acceptors (Lipinski definition) is 2. The van der Waals surface area contributed by atoms with Crippen molar-refractivity contribution in [3.63, 3.8) is 0 Å². The van der Waals surface area contributed by atoms with Gasteiger partial charge in [0.1, 0.15) is 17.3 Å². The van der Waals surface area contributed by atoms with Gasteiger partial charge in [0.25, 0.3) is 6.33 Å². The maximum Gasteiger partial charge on any atom is 0.269 e. The number of para-hydroxylation sites is 3. The van der Waals surface area contributed by atoms with Gasteiger partial charge in [0.05, 0.1) is 47.1 Å². The molecule has 8 aromatic carbocycles. The van der Waals surface area contributed by atoms with Gasteiger partial charge in [-0.2, -0.15) is 0 Å². The molecule has 0 amide bonds. The molecule has 3 aromatic heterocycles. The smallest absolute Gasteiger partial charge is 0.269 e. The third kappa shape index (κ3) is 7.56. The van der Waals surface area contributed by atoms with E-state index in [1.807, 2.05) is 66.9 Å². The second-order valence-corrected chi connectivity index (χ2v) is 18.7. The Kier molecular flexibility index (Phi) is 7.80. The fourth-order valence-electron chi connectivity index (χ4n) is 9.16. The summed E-state index contributed by atoms with van der Waals surface area (Å²) in [5, 5.41) is 2.13. The molecule has 5 heteroatoms. The Morgan fingerprint density at radius 2 is 1.18 bits per heavy atom. The quantitative estimate of drug-likeness (QED) is 0.113. The average Bonchev–Trinajstić information content (AvgIpc) is 3.98. The first-order valence-electron chi connectivity index (χ1n) is 27.3. The van der Waals surface area contributed by atoms with Gasteiger partial charge in [-0.1, -0.05) is 187 Å². The second kappa shape index (κ2) is 16.4. The van der Waals surface area contributed by atoms with Gasteiger partial charge in [0.15, 0.2) is 0 Å². The lowest BCUT2D eigenvalue weighted by Crippen LogP contribution is -2.31. The highest BCUT2D eigenvalue weighted by Crippen LogP contribution is 2.43. The molecule has 5 nitrogen and oxygen atoms in total. The topological polar surface area (TPSA) is 35.9 Å². The fraction of sp³-hybridized carbons (Fsp3) is 0.129. The number of benzene rings is 8. The lowest BCUT2D eigenvalue weighted by molar-refractivity contribution is -0.571. The molecule has 0 atom stereocenters. The molecule has 0 aliphatic carbocycles. The van der Waals surface area contributed by atoms with E-state index in [1.165, 1.54) is 5.56 Å². The third-order valence-electron chi connectivity index (χ3n) is 12.3. The summed E-state index contributed by atoms with van der Waals surface area (Å²) in [6.07, 6.45) is 5.34. The summed E-state index contributed by atoms with van der Waals surface area (Å²) in [4.78, 5) is 4.98. The number of hydrogen-bond donors (Lipinski definition) is 0. The van der Waals surface area contributed by atoms with Crippen LogP contribution in [0.25, 0.3) is 83.4 Å². The molecule has 11 rings (SSSR count). The second-order valence-electron chi connectivity index (χ2n) is 18.7. The van der Waals surface area contributed by atoms with Gasteiger partial charge in [-0.15, -0.1) is 0 Å². The van der Waals surface area contributed by atoms with Crippen molar-refractivity contribution < 1.29 is 23.0 Å². The highest BCUT2D eigenvalue weighted by Gasteiger charge is 2.25. The van der Waals surface area contributed by atoms with Gasteiger partial charge < -0.3 is 4.74 Å². The largest absolute Gasteiger partial charge is 0.458 e. The first kappa shape index (κ1) is 31.8. The number of fused-ring (bicyclic) bond motifs is 4. The molecule has 326 valence electrons. The lowest BCUT2D eigenvalue weighted by atomic mass is 9.81. The Balaban J connectivity index is 1.09. The lowest BCUT2D eigenvalue weighted by Gasteiger charge is -2.23. The summed E-state index contributed by atoms with van der Waals surface area (Å²) in [7, 11) is 0. The van der Waals surface area contributed by atoms with E-state index in [4.69, 9.17) is 23.4 Å². The molecule has 67 heavy (non-hydrogen) atoms. The molecule has 0 saturated carbocycles. The maximum atomic E-state index is 9.06. The van der Waals surface area contributed by atoms with E-state index >= 15 is 0 Å². The van der Waals surface area contributed by atoms with E-state index in [9.17, 15) is 0 Å². The predicted octanol–water partition coefficient (Wildman–Crippen LogP) is 15.6. The zero-order valence-electron chi connectivity index (χ0n) is 48.1. The van der Waals surface area contributed by atoms with Crippen molar-refractivity contribution in [2.24, 2.45) is 0 Å². The minimum atomic E-state index is -0.568. The number of ether oxygens (including phenoxy) is 1. The molecule has 0 aliphatic rings. The van der Waals surface area contributed by atoms with Crippen molar-refractivity contribution in [3.05, 3.63) is 224 Å². The van der Waals surface area contributed by atoms with Gasteiger partial charge in [0.2, 0.25) is 0 Å². The Labute approximate surface area is 406 Å². The molecule has 0 fully saturated rings. The van der Waals surface area contributed by atoms with Crippen LogP contribution >= 0.6 is 0 Å². The van der Waals surface area contributed by atoms with Gasteiger partial charge >= 0.3 is 0 Å². The van der Waals surface area contributed by atoms with Crippen molar-refractivity contribution >= 4 is 32.8 Å². The number of rotatable bonds is 8. The molecule has 0 bridgehead atoms. The van der Waals surface area contributed by atoms with Crippen LogP contribution in [0.2, 0.25) is 0 Å².